The van der Waals surface area contributed by atoms with E-state index in [0.717, 1.165) is 23.5 Å². The molecule has 0 spiro atoms. The van der Waals surface area contributed by atoms with Crippen molar-refractivity contribution >= 4 is 0 Å². The van der Waals surface area contributed by atoms with E-state index in [1.807, 2.05) is 44.2 Å². The maximum atomic E-state index is 13.4. The van der Waals surface area contributed by atoms with Crippen molar-refractivity contribution in [1.29, 1.82) is 0 Å². The summed E-state index contributed by atoms with van der Waals surface area (Å²) < 4.78 is 21.4. The van der Waals surface area contributed by atoms with E-state index in [1.165, 1.54) is 25.0 Å². The Morgan fingerprint density at radius 3 is 2.50 bits per heavy atom. The number of aryl methyl sites for hydroxylation is 1. The molecule has 1 saturated carbocycles. The molecule has 1 aliphatic carbocycles. The summed E-state index contributed by atoms with van der Waals surface area (Å²) in [6, 6.07) is 15.8. The van der Waals surface area contributed by atoms with Crippen molar-refractivity contribution in [2.75, 3.05) is 13.1 Å². The third-order valence-electron chi connectivity index (χ3n) is 5.28. The van der Waals surface area contributed by atoms with E-state index in [0.29, 0.717) is 30.6 Å². The Hall–Kier alpha value is -2.70. The van der Waals surface area contributed by atoms with Gasteiger partial charge in [0.25, 0.3) is 0 Å². The topological polar surface area (TPSA) is 50.5 Å². The van der Waals surface area contributed by atoms with Crippen LogP contribution in [0.3, 0.4) is 0 Å². The molecule has 0 amide bonds. The first-order valence-corrected chi connectivity index (χ1v) is 10.5. The third-order valence-corrected chi connectivity index (χ3v) is 5.28. The molecule has 1 atom stereocenters. The first kappa shape index (κ1) is 20.6. The number of nitrogens with zero attached hydrogens (tertiary/aromatic N) is 3. The summed E-state index contributed by atoms with van der Waals surface area (Å²) >= 11 is 0. The number of para-hydroxylation sites is 1. The van der Waals surface area contributed by atoms with E-state index < -0.39 is 6.10 Å². The molecule has 0 aliphatic heterocycles. The monoisotopic (exact) mass is 409 g/mol. The van der Waals surface area contributed by atoms with Crippen molar-refractivity contribution in [2.24, 2.45) is 5.92 Å². The van der Waals surface area contributed by atoms with Crippen LogP contribution in [-0.4, -0.2) is 39.0 Å². The van der Waals surface area contributed by atoms with Crippen LogP contribution in [0.4, 0.5) is 4.39 Å². The number of aliphatic hydroxyl groups is 1. The van der Waals surface area contributed by atoms with Crippen molar-refractivity contribution in [3.8, 4) is 17.3 Å². The third kappa shape index (κ3) is 5.07. The highest BCUT2D eigenvalue weighted by Gasteiger charge is 2.27. The van der Waals surface area contributed by atoms with Crippen molar-refractivity contribution in [3.05, 3.63) is 71.7 Å². The minimum Gasteiger partial charge on any atom is -0.439 e. The van der Waals surface area contributed by atoms with Crippen LogP contribution in [-0.2, 0) is 6.54 Å². The second kappa shape index (κ2) is 8.98. The SMILES string of the molecule is Cc1nn(-c2ccccc2)c(Oc2ccc(F)cc2)c1CN(CC1CC1)C[C@@H](C)O. The lowest BCUT2D eigenvalue weighted by molar-refractivity contribution is 0.118. The predicted molar refractivity (Wildman–Crippen MR) is 114 cm³/mol. The number of rotatable bonds is 9. The fourth-order valence-electron chi connectivity index (χ4n) is 3.65. The summed E-state index contributed by atoms with van der Waals surface area (Å²) in [5.41, 5.74) is 2.75. The van der Waals surface area contributed by atoms with Crippen molar-refractivity contribution in [1.82, 2.24) is 14.7 Å². The van der Waals surface area contributed by atoms with E-state index in [2.05, 4.69) is 4.90 Å². The molecule has 0 unspecified atom stereocenters. The van der Waals surface area contributed by atoms with Crippen LogP contribution in [0.5, 0.6) is 11.6 Å². The molecule has 0 saturated heterocycles. The average Bonchev–Trinajstić information content (AvgIpc) is 3.49. The highest BCUT2D eigenvalue weighted by Crippen LogP contribution is 2.34. The van der Waals surface area contributed by atoms with E-state index in [1.54, 1.807) is 16.8 Å². The van der Waals surface area contributed by atoms with Gasteiger partial charge in [-0.25, -0.2) is 9.07 Å². The molecule has 5 nitrogen and oxygen atoms in total. The van der Waals surface area contributed by atoms with Gasteiger partial charge in [0.15, 0.2) is 0 Å². The van der Waals surface area contributed by atoms with Crippen LogP contribution in [0.25, 0.3) is 5.69 Å². The van der Waals surface area contributed by atoms with Crippen LogP contribution >= 0.6 is 0 Å². The molecule has 2 aromatic carbocycles. The van der Waals surface area contributed by atoms with Crippen LogP contribution in [0.2, 0.25) is 0 Å². The molecule has 1 aliphatic rings. The van der Waals surface area contributed by atoms with Crippen molar-refractivity contribution < 1.29 is 14.2 Å². The molecular formula is C24H28FN3O2. The number of aliphatic hydroxyl groups excluding tert-OH is 1. The molecule has 158 valence electrons. The minimum atomic E-state index is -0.408. The summed E-state index contributed by atoms with van der Waals surface area (Å²) in [5, 5.41) is 14.7. The molecule has 30 heavy (non-hydrogen) atoms. The van der Waals surface area contributed by atoms with Gasteiger partial charge in [-0.05, 0) is 69.0 Å². The van der Waals surface area contributed by atoms with E-state index in [4.69, 9.17) is 9.84 Å². The Morgan fingerprint density at radius 1 is 1.17 bits per heavy atom. The van der Waals surface area contributed by atoms with Crippen LogP contribution in [0, 0.1) is 18.7 Å². The molecule has 4 rings (SSSR count). The summed E-state index contributed by atoms with van der Waals surface area (Å²) in [6.07, 6.45) is 2.09. The molecule has 0 bridgehead atoms. The Kier molecular flexibility index (Phi) is 6.16. The Labute approximate surface area is 176 Å². The quantitative estimate of drug-likeness (QED) is 0.556. The smallest absolute Gasteiger partial charge is 0.227 e. The summed E-state index contributed by atoms with van der Waals surface area (Å²) in [5.74, 6) is 1.58. The first-order chi connectivity index (χ1) is 14.5. The van der Waals surface area contributed by atoms with Gasteiger partial charge in [-0.15, -0.1) is 0 Å². The maximum absolute atomic E-state index is 13.4. The van der Waals surface area contributed by atoms with Gasteiger partial charge in [-0.2, -0.15) is 5.10 Å². The average molecular weight is 410 g/mol. The Balaban J connectivity index is 1.70. The molecule has 1 N–H and O–H groups in total. The zero-order valence-corrected chi connectivity index (χ0v) is 17.5. The zero-order chi connectivity index (χ0) is 21.1. The van der Waals surface area contributed by atoms with Gasteiger partial charge >= 0.3 is 0 Å². The maximum Gasteiger partial charge on any atom is 0.227 e. The summed E-state index contributed by atoms with van der Waals surface area (Å²) in [6.45, 7) is 5.98. The van der Waals surface area contributed by atoms with Crippen LogP contribution in [0.1, 0.15) is 31.0 Å². The number of aromatic nitrogens is 2. The highest BCUT2D eigenvalue weighted by molar-refractivity contribution is 5.43. The zero-order valence-electron chi connectivity index (χ0n) is 17.5. The molecule has 3 aromatic rings. The lowest BCUT2D eigenvalue weighted by Gasteiger charge is -2.24. The van der Waals surface area contributed by atoms with Gasteiger partial charge in [0.1, 0.15) is 11.6 Å². The van der Waals surface area contributed by atoms with Crippen molar-refractivity contribution in [3.63, 3.8) is 0 Å². The number of hydrogen-bond acceptors (Lipinski definition) is 4. The minimum absolute atomic E-state index is 0.303. The van der Waals surface area contributed by atoms with E-state index >= 15 is 0 Å². The second-order valence-corrected chi connectivity index (χ2v) is 8.16. The molecular weight excluding hydrogens is 381 g/mol. The summed E-state index contributed by atoms with van der Waals surface area (Å²) in [7, 11) is 0. The largest absolute Gasteiger partial charge is 0.439 e. The number of benzene rings is 2. The van der Waals surface area contributed by atoms with Gasteiger partial charge in [0.05, 0.1) is 23.0 Å². The van der Waals surface area contributed by atoms with Gasteiger partial charge < -0.3 is 9.84 Å². The molecule has 6 heteroatoms. The fourth-order valence-corrected chi connectivity index (χ4v) is 3.65. The second-order valence-electron chi connectivity index (χ2n) is 8.16. The van der Waals surface area contributed by atoms with Gasteiger partial charge in [-0.1, -0.05) is 18.2 Å². The number of hydrogen-bond donors (Lipinski definition) is 1. The van der Waals surface area contributed by atoms with E-state index in [9.17, 15) is 9.50 Å². The molecule has 0 radical (unpaired) electrons. The molecule has 1 heterocycles. The molecule has 1 fully saturated rings. The fraction of sp³-hybridized carbons (Fsp3) is 0.375. The Bertz CT molecular complexity index is 962. The number of ether oxygens (including phenoxy) is 1. The standard InChI is InChI=1S/C24H28FN3O2/c1-17(29)14-27(15-19-8-9-19)16-23-18(2)26-28(21-6-4-3-5-7-21)24(23)30-22-12-10-20(25)11-13-22/h3-7,10-13,17,19,29H,8-9,14-16H2,1-2H3/t17-/m1/s1. The molecule has 1 aromatic heterocycles. The summed E-state index contributed by atoms with van der Waals surface area (Å²) in [4.78, 5) is 2.28. The van der Waals surface area contributed by atoms with E-state index in [-0.39, 0.29) is 5.82 Å². The predicted octanol–water partition coefficient (Wildman–Crippen LogP) is 4.70. The van der Waals surface area contributed by atoms with Gasteiger partial charge in [-0.3, -0.25) is 4.90 Å². The highest BCUT2D eigenvalue weighted by atomic mass is 19.1. The van der Waals surface area contributed by atoms with Crippen molar-refractivity contribution in [2.45, 2.75) is 39.3 Å². The lowest BCUT2D eigenvalue weighted by Crippen LogP contribution is -2.32. The lowest BCUT2D eigenvalue weighted by atomic mass is 10.2. The van der Waals surface area contributed by atoms with Crippen LogP contribution in [0.15, 0.2) is 54.6 Å². The first-order valence-electron chi connectivity index (χ1n) is 10.5. The normalized spacial score (nSPS) is 14.8. The van der Waals surface area contributed by atoms with Gasteiger partial charge in [0, 0.05) is 19.6 Å². The Morgan fingerprint density at radius 2 is 1.87 bits per heavy atom. The number of halogens is 1. The van der Waals surface area contributed by atoms with Gasteiger partial charge in [0.2, 0.25) is 5.88 Å². The van der Waals surface area contributed by atoms with Crippen LogP contribution < -0.4 is 4.74 Å².